The summed E-state index contributed by atoms with van der Waals surface area (Å²) in [4.78, 5) is 72.2. The number of nitrogens with zero attached hydrogens (tertiary/aromatic N) is 4. The fraction of sp³-hybridized carbons (Fsp3) is 0.465. The van der Waals surface area contributed by atoms with Gasteiger partial charge in [0.25, 0.3) is 0 Å². The van der Waals surface area contributed by atoms with Gasteiger partial charge in [-0.15, -0.1) is 0 Å². The predicted molar refractivity (Wildman–Crippen MR) is 223 cm³/mol. The molecule has 0 spiro atoms. The van der Waals surface area contributed by atoms with Crippen LogP contribution in [0.25, 0.3) is 44.3 Å². The van der Waals surface area contributed by atoms with Gasteiger partial charge in [0.2, 0.25) is 11.8 Å². The van der Waals surface area contributed by atoms with Crippen molar-refractivity contribution < 1.29 is 33.4 Å². The third-order valence-electron chi connectivity index (χ3n) is 10.5. The number of nitrogens with one attached hydrogen (secondary N) is 5. The number of aromatic nitrogens is 5. The molecule has 59 heavy (non-hydrogen) atoms. The van der Waals surface area contributed by atoms with Crippen molar-refractivity contribution in [1.29, 1.82) is 0 Å². The number of ether oxygens (including phenoxy) is 3. The first-order valence-electron chi connectivity index (χ1n) is 20.5. The molecule has 5 N–H and O–H groups in total. The molecule has 7 rings (SSSR count). The maximum absolute atomic E-state index is 14.0. The van der Waals surface area contributed by atoms with E-state index in [1.165, 1.54) is 20.6 Å². The number of H-pyrrole nitrogens is 2. The van der Waals surface area contributed by atoms with Gasteiger partial charge in [0, 0.05) is 55.4 Å². The molecular weight excluding hydrogens is 755 g/mol. The number of rotatable bonds is 13. The first kappa shape index (κ1) is 42.6. The Kier molecular flexibility index (Phi) is 14.9. The fourth-order valence-corrected chi connectivity index (χ4v) is 7.49. The minimum Gasteiger partial charge on any atom is -0.453 e. The molecule has 3 aromatic heterocycles. The predicted octanol–water partition coefficient (Wildman–Crippen LogP) is 6.19. The Morgan fingerprint density at radius 1 is 0.881 bits per heavy atom. The lowest BCUT2D eigenvalue weighted by Crippen LogP contribution is -2.53. The number of hydrogen-bond acceptors (Lipinski definition) is 10. The van der Waals surface area contributed by atoms with Crippen molar-refractivity contribution in [1.82, 2.24) is 45.8 Å². The Labute approximate surface area is 343 Å². The number of carbonyl (C=O) groups is 4. The van der Waals surface area contributed by atoms with Crippen molar-refractivity contribution in [2.45, 2.75) is 77.3 Å². The summed E-state index contributed by atoms with van der Waals surface area (Å²) in [5, 5.41) is 9.98. The molecule has 5 aromatic rings. The molecule has 4 amide bonds. The van der Waals surface area contributed by atoms with E-state index in [-0.39, 0.29) is 30.3 Å². The van der Waals surface area contributed by atoms with E-state index in [1.54, 1.807) is 0 Å². The Bertz CT molecular complexity index is 2210. The number of imidazole rings is 2. The topological polar surface area (TPSA) is 206 Å². The fourth-order valence-electron chi connectivity index (χ4n) is 7.49. The molecule has 2 aliphatic rings. The van der Waals surface area contributed by atoms with Gasteiger partial charge in [-0.25, -0.2) is 19.6 Å². The summed E-state index contributed by atoms with van der Waals surface area (Å²) in [6.45, 7) is 6.33. The molecular formula is C43H55N9O7. The van der Waals surface area contributed by atoms with E-state index in [9.17, 15) is 19.2 Å². The molecule has 16 heteroatoms. The Balaban J connectivity index is 0.00000189. The van der Waals surface area contributed by atoms with Crippen molar-refractivity contribution in [3.05, 3.63) is 66.5 Å². The molecule has 2 aromatic carbocycles. The maximum Gasteiger partial charge on any atom is 0.407 e. The van der Waals surface area contributed by atoms with Gasteiger partial charge in [-0.3, -0.25) is 14.6 Å². The zero-order chi connectivity index (χ0) is 41.7. The summed E-state index contributed by atoms with van der Waals surface area (Å²) >= 11 is 0. The summed E-state index contributed by atoms with van der Waals surface area (Å²) in [5.41, 5.74) is 5.34. The van der Waals surface area contributed by atoms with Gasteiger partial charge in [-0.2, -0.15) is 0 Å². The van der Waals surface area contributed by atoms with Crippen molar-refractivity contribution >= 4 is 45.8 Å². The summed E-state index contributed by atoms with van der Waals surface area (Å²) in [5.74, 6) is 1.17. The van der Waals surface area contributed by atoms with E-state index in [1.807, 2.05) is 35.5 Å². The molecule has 0 saturated carbocycles. The standard InChI is InChI=1S/C40H47N9O7.C3H8/c1-54-39(52)44-23-35(50)41-14-4-3-7-34-43-22-32(45-34)26-9-8-25-19-30(42-21-28(25)18-26)27-10-11-29-31(20-27)47-37(46-29)33-6-5-15-49(33)38(51)36(48-40(53)55-2)24-12-16-56-17-13-24;1-3-2/h8-11,18-22,24,33,36H,3-7,12-17,23H2,1-2H3,(H,41,50)(H,43,45)(H,44,52)(H,46,47)(H,48,53);3H2,1-2H3. The summed E-state index contributed by atoms with van der Waals surface area (Å²) in [6.07, 6.45) is 9.03. The number of methoxy groups -OCH3 is 2. The maximum atomic E-state index is 14.0. The van der Waals surface area contributed by atoms with Crippen LogP contribution in [0.15, 0.2) is 54.9 Å². The van der Waals surface area contributed by atoms with Crippen molar-refractivity contribution in [3.63, 3.8) is 0 Å². The summed E-state index contributed by atoms with van der Waals surface area (Å²) < 4.78 is 14.8. The first-order valence-corrected chi connectivity index (χ1v) is 20.5. The van der Waals surface area contributed by atoms with Crippen LogP contribution in [0.4, 0.5) is 9.59 Å². The highest BCUT2D eigenvalue weighted by atomic mass is 16.5. The lowest BCUT2D eigenvalue weighted by molar-refractivity contribution is -0.136. The van der Waals surface area contributed by atoms with Gasteiger partial charge in [-0.1, -0.05) is 38.5 Å². The largest absolute Gasteiger partial charge is 0.453 e. The molecule has 314 valence electrons. The van der Waals surface area contributed by atoms with Crippen LogP contribution in [0, 0.1) is 5.92 Å². The third kappa shape index (κ3) is 10.9. The lowest BCUT2D eigenvalue weighted by Gasteiger charge is -2.34. The summed E-state index contributed by atoms with van der Waals surface area (Å²) in [7, 11) is 2.55. The Morgan fingerprint density at radius 3 is 2.44 bits per heavy atom. The van der Waals surface area contributed by atoms with Gasteiger partial charge in [0.15, 0.2) is 0 Å². The average molecular weight is 810 g/mol. The van der Waals surface area contributed by atoms with E-state index in [2.05, 4.69) is 73.8 Å². The van der Waals surface area contributed by atoms with E-state index in [0.29, 0.717) is 39.1 Å². The highest BCUT2D eigenvalue weighted by molar-refractivity contribution is 5.90. The highest BCUT2D eigenvalue weighted by Gasteiger charge is 2.40. The molecule has 0 radical (unpaired) electrons. The lowest BCUT2D eigenvalue weighted by atomic mass is 9.90. The number of amides is 4. The van der Waals surface area contributed by atoms with Gasteiger partial charge in [0.1, 0.15) is 17.7 Å². The van der Waals surface area contributed by atoms with E-state index in [4.69, 9.17) is 19.4 Å². The molecule has 2 fully saturated rings. The van der Waals surface area contributed by atoms with E-state index in [0.717, 1.165) is 88.1 Å². The molecule has 0 aliphatic carbocycles. The molecule has 2 aliphatic heterocycles. The van der Waals surface area contributed by atoms with Crippen LogP contribution in [0.3, 0.4) is 0 Å². The Hall–Kier alpha value is -6.03. The van der Waals surface area contributed by atoms with Crippen molar-refractivity contribution in [2.24, 2.45) is 5.92 Å². The van der Waals surface area contributed by atoms with E-state index >= 15 is 0 Å². The van der Waals surface area contributed by atoms with Crippen LogP contribution >= 0.6 is 0 Å². The van der Waals surface area contributed by atoms with Crippen LogP contribution in [0.2, 0.25) is 0 Å². The number of alkyl carbamates (subject to hydrolysis) is 2. The second-order valence-corrected chi connectivity index (χ2v) is 14.8. The normalized spacial score (nSPS) is 15.9. The first-order chi connectivity index (χ1) is 28.7. The van der Waals surface area contributed by atoms with Gasteiger partial charge >= 0.3 is 12.2 Å². The zero-order valence-electron chi connectivity index (χ0n) is 34.3. The number of pyridine rings is 1. The molecule has 5 heterocycles. The third-order valence-corrected chi connectivity index (χ3v) is 10.5. The van der Waals surface area contributed by atoms with Gasteiger partial charge < -0.3 is 45.0 Å². The van der Waals surface area contributed by atoms with Gasteiger partial charge in [0.05, 0.1) is 55.4 Å². The number of hydrogen-bond donors (Lipinski definition) is 5. The number of benzene rings is 2. The smallest absolute Gasteiger partial charge is 0.407 e. The molecule has 0 bridgehead atoms. The number of fused-ring (bicyclic) bond motifs is 2. The monoisotopic (exact) mass is 809 g/mol. The van der Waals surface area contributed by atoms with E-state index < -0.39 is 18.2 Å². The molecule has 2 atom stereocenters. The van der Waals surface area contributed by atoms with Crippen molar-refractivity contribution in [3.8, 4) is 22.5 Å². The second kappa shape index (κ2) is 20.6. The number of aryl methyl sites for hydroxylation is 1. The zero-order valence-corrected chi connectivity index (χ0v) is 34.3. The van der Waals surface area contributed by atoms with Crippen LogP contribution in [-0.4, -0.2) is 107 Å². The van der Waals surface area contributed by atoms with Crippen LogP contribution in [0.1, 0.15) is 76.5 Å². The highest BCUT2D eigenvalue weighted by Crippen LogP contribution is 2.35. The van der Waals surface area contributed by atoms with Crippen LogP contribution in [-0.2, 0) is 30.2 Å². The number of aromatic amines is 2. The number of unbranched alkanes of at least 4 members (excludes halogenated alkanes) is 1. The molecule has 2 saturated heterocycles. The minimum absolute atomic E-state index is 0.0318. The van der Waals surface area contributed by atoms with Crippen LogP contribution < -0.4 is 16.0 Å². The van der Waals surface area contributed by atoms with Gasteiger partial charge in [-0.05, 0) is 74.1 Å². The molecule has 2 unspecified atom stereocenters. The second-order valence-electron chi connectivity index (χ2n) is 14.8. The molecule has 16 nitrogen and oxygen atoms in total. The SMILES string of the molecule is CCC.COC(=O)NCC(=O)NCCCCc1ncc(-c2ccc3cc(-c4ccc5nc(C6CCCN6C(=O)C(NC(=O)OC)C6CCOCC6)[nH]c5c4)ncc3c2)[nH]1. The average Bonchev–Trinajstić information content (AvgIpc) is 4.05. The number of likely N-dealkylation sites (tertiary alicyclic amines) is 1. The number of carbonyl (C=O) groups excluding carboxylic acids is 4. The summed E-state index contributed by atoms with van der Waals surface area (Å²) in [6, 6.07) is 13.4. The van der Waals surface area contributed by atoms with Crippen LogP contribution in [0.5, 0.6) is 0 Å². The van der Waals surface area contributed by atoms with Crippen molar-refractivity contribution in [2.75, 3.05) is 47.1 Å². The Morgan fingerprint density at radius 2 is 1.66 bits per heavy atom. The minimum atomic E-state index is -0.690. The quantitative estimate of drug-likeness (QED) is 0.0853.